The second kappa shape index (κ2) is 5.32. The lowest BCUT2D eigenvalue weighted by molar-refractivity contribution is -0.139. The number of fused-ring (bicyclic) bond motifs is 1. The maximum Gasteiger partial charge on any atom is 0.231 e. The maximum atomic E-state index is 12.0. The molecule has 1 amide bonds. The Bertz CT molecular complexity index is 517. The van der Waals surface area contributed by atoms with Gasteiger partial charge in [-0.15, -0.1) is 0 Å². The average molecular weight is 277 g/mol. The van der Waals surface area contributed by atoms with Gasteiger partial charge in [0.05, 0.1) is 12.6 Å². The van der Waals surface area contributed by atoms with Crippen molar-refractivity contribution in [3.05, 3.63) is 23.8 Å². The highest BCUT2D eigenvalue weighted by molar-refractivity contribution is 5.79. The Hall–Kier alpha value is -1.75. The van der Waals surface area contributed by atoms with E-state index in [9.17, 15) is 9.90 Å². The third-order valence-corrected chi connectivity index (χ3v) is 3.97. The van der Waals surface area contributed by atoms with E-state index in [4.69, 9.17) is 9.47 Å². The van der Waals surface area contributed by atoms with Crippen LogP contribution in [0.2, 0.25) is 0 Å². The first kappa shape index (κ1) is 13.2. The average Bonchev–Trinajstić information content (AvgIpc) is 2.91. The van der Waals surface area contributed by atoms with Crippen molar-refractivity contribution in [3.8, 4) is 11.5 Å². The fourth-order valence-corrected chi connectivity index (χ4v) is 2.75. The van der Waals surface area contributed by atoms with Gasteiger partial charge >= 0.3 is 0 Å². The molecule has 108 valence electrons. The molecule has 3 rings (SSSR count). The molecule has 2 aliphatic heterocycles. The zero-order valence-electron chi connectivity index (χ0n) is 11.5. The number of ether oxygens (including phenoxy) is 2. The highest BCUT2D eigenvalue weighted by atomic mass is 16.7. The van der Waals surface area contributed by atoms with Crippen LogP contribution in [-0.2, 0) is 4.79 Å². The Kier molecular flexibility index (Phi) is 3.53. The molecule has 20 heavy (non-hydrogen) atoms. The van der Waals surface area contributed by atoms with Crippen LogP contribution in [0.5, 0.6) is 11.5 Å². The quantitative estimate of drug-likeness (QED) is 0.913. The van der Waals surface area contributed by atoms with Gasteiger partial charge < -0.3 is 19.5 Å². The predicted molar refractivity (Wildman–Crippen MR) is 72.5 cm³/mol. The molecule has 1 fully saturated rings. The van der Waals surface area contributed by atoms with Crippen LogP contribution < -0.4 is 9.47 Å². The van der Waals surface area contributed by atoms with Gasteiger partial charge in [-0.3, -0.25) is 4.79 Å². The summed E-state index contributed by atoms with van der Waals surface area (Å²) >= 11 is 0. The van der Waals surface area contributed by atoms with Crippen LogP contribution in [0.1, 0.15) is 31.4 Å². The number of likely N-dealkylation sites (tertiary alicyclic amines) is 1. The van der Waals surface area contributed by atoms with Crippen LogP contribution in [0.15, 0.2) is 18.2 Å². The monoisotopic (exact) mass is 277 g/mol. The molecule has 0 saturated carbocycles. The number of benzene rings is 1. The lowest BCUT2D eigenvalue weighted by Gasteiger charge is -2.32. The minimum Gasteiger partial charge on any atom is -0.454 e. The van der Waals surface area contributed by atoms with Gasteiger partial charge in [0.25, 0.3) is 0 Å². The Morgan fingerprint density at radius 3 is 3.05 bits per heavy atom. The van der Waals surface area contributed by atoms with E-state index >= 15 is 0 Å². The molecule has 1 aromatic rings. The topological polar surface area (TPSA) is 59.0 Å². The van der Waals surface area contributed by atoms with Gasteiger partial charge in [-0.05, 0) is 30.5 Å². The highest BCUT2D eigenvalue weighted by Crippen LogP contribution is 2.34. The highest BCUT2D eigenvalue weighted by Gasteiger charge is 2.27. The molecule has 2 aliphatic rings. The van der Waals surface area contributed by atoms with Crippen molar-refractivity contribution in [2.45, 2.75) is 25.9 Å². The molecule has 0 aromatic heterocycles. The molecule has 1 aromatic carbocycles. The van der Waals surface area contributed by atoms with Crippen LogP contribution in [-0.4, -0.2) is 35.8 Å². The van der Waals surface area contributed by atoms with E-state index in [2.05, 4.69) is 0 Å². The third-order valence-electron chi connectivity index (χ3n) is 3.97. The van der Waals surface area contributed by atoms with Gasteiger partial charge in [0.1, 0.15) is 0 Å². The SMILES string of the molecule is CC1CCCN(CC(O)c2ccc3c(c2)OCO3)C1=O. The molecule has 2 heterocycles. The van der Waals surface area contributed by atoms with Gasteiger partial charge in [0, 0.05) is 12.5 Å². The van der Waals surface area contributed by atoms with Crippen LogP contribution in [0.4, 0.5) is 0 Å². The van der Waals surface area contributed by atoms with Gasteiger partial charge in [-0.2, -0.15) is 0 Å². The van der Waals surface area contributed by atoms with E-state index in [0.717, 1.165) is 24.9 Å². The van der Waals surface area contributed by atoms with Gasteiger partial charge in [0.2, 0.25) is 12.7 Å². The molecule has 5 heteroatoms. The van der Waals surface area contributed by atoms with Crippen LogP contribution in [0, 0.1) is 5.92 Å². The second-order valence-corrected chi connectivity index (χ2v) is 5.46. The van der Waals surface area contributed by atoms with Crippen molar-refractivity contribution in [3.63, 3.8) is 0 Å². The molecule has 1 saturated heterocycles. The number of piperidine rings is 1. The number of hydrogen-bond donors (Lipinski definition) is 1. The minimum absolute atomic E-state index is 0.0627. The molecule has 2 atom stereocenters. The zero-order valence-corrected chi connectivity index (χ0v) is 11.5. The number of aliphatic hydroxyl groups is 1. The van der Waals surface area contributed by atoms with Crippen molar-refractivity contribution in [2.24, 2.45) is 5.92 Å². The lowest BCUT2D eigenvalue weighted by atomic mass is 9.98. The number of amides is 1. The van der Waals surface area contributed by atoms with Crippen molar-refractivity contribution < 1.29 is 19.4 Å². The van der Waals surface area contributed by atoms with Crippen LogP contribution in [0.3, 0.4) is 0 Å². The summed E-state index contributed by atoms with van der Waals surface area (Å²) in [7, 11) is 0. The summed E-state index contributed by atoms with van der Waals surface area (Å²) in [5.41, 5.74) is 0.750. The fraction of sp³-hybridized carbons (Fsp3) is 0.533. The van der Waals surface area contributed by atoms with Gasteiger partial charge in [0.15, 0.2) is 11.5 Å². The summed E-state index contributed by atoms with van der Waals surface area (Å²) in [6, 6.07) is 5.39. The van der Waals surface area contributed by atoms with E-state index in [1.807, 2.05) is 13.0 Å². The summed E-state index contributed by atoms with van der Waals surface area (Å²) in [4.78, 5) is 13.8. The number of carbonyl (C=O) groups is 1. The van der Waals surface area contributed by atoms with Crippen molar-refractivity contribution >= 4 is 5.91 Å². The number of aliphatic hydroxyl groups excluding tert-OH is 1. The lowest BCUT2D eigenvalue weighted by Crippen LogP contribution is -2.42. The number of nitrogens with zero attached hydrogens (tertiary/aromatic N) is 1. The Morgan fingerprint density at radius 1 is 1.40 bits per heavy atom. The molecule has 0 radical (unpaired) electrons. The van der Waals surface area contributed by atoms with Crippen molar-refractivity contribution in [1.29, 1.82) is 0 Å². The first-order valence-electron chi connectivity index (χ1n) is 7.01. The van der Waals surface area contributed by atoms with E-state index in [1.165, 1.54) is 0 Å². The molecular weight excluding hydrogens is 258 g/mol. The molecule has 0 bridgehead atoms. The third kappa shape index (κ3) is 2.45. The maximum absolute atomic E-state index is 12.0. The first-order valence-corrected chi connectivity index (χ1v) is 7.01. The molecule has 2 unspecified atom stereocenters. The van der Waals surface area contributed by atoms with Crippen LogP contribution >= 0.6 is 0 Å². The second-order valence-electron chi connectivity index (χ2n) is 5.46. The minimum atomic E-state index is -0.696. The molecule has 0 aliphatic carbocycles. The summed E-state index contributed by atoms with van der Waals surface area (Å²) in [5, 5.41) is 10.3. The standard InChI is InChI=1S/C15H19NO4/c1-10-3-2-6-16(15(10)18)8-12(17)11-4-5-13-14(7-11)20-9-19-13/h4-5,7,10,12,17H,2-3,6,8-9H2,1H3. The molecular formula is C15H19NO4. The Morgan fingerprint density at radius 2 is 2.20 bits per heavy atom. The van der Waals surface area contributed by atoms with Gasteiger partial charge in [-0.1, -0.05) is 13.0 Å². The van der Waals surface area contributed by atoms with E-state index in [-0.39, 0.29) is 18.6 Å². The number of carbonyl (C=O) groups excluding carboxylic acids is 1. The summed E-state index contributed by atoms with van der Waals surface area (Å²) in [6.45, 7) is 3.23. The fourth-order valence-electron chi connectivity index (χ4n) is 2.75. The molecule has 1 N–H and O–H groups in total. The number of rotatable bonds is 3. The van der Waals surface area contributed by atoms with E-state index in [0.29, 0.717) is 18.0 Å². The van der Waals surface area contributed by atoms with E-state index < -0.39 is 6.10 Å². The molecule has 0 spiro atoms. The summed E-state index contributed by atoms with van der Waals surface area (Å²) in [5.74, 6) is 1.55. The first-order chi connectivity index (χ1) is 9.65. The Labute approximate surface area is 118 Å². The van der Waals surface area contributed by atoms with E-state index in [1.54, 1.807) is 17.0 Å². The number of β-amino-alcohol motifs (C(OH)–C–C–N with tert-alkyl or cyclic N) is 1. The smallest absolute Gasteiger partial charge is 0.231 e. The predicted octanol–water partition coefficient (Wildman–Crippen LogP) is 1.71. The van der Waals surface area contributed by atoms with Crippen molar-refractivity contribution in [1.82, 2.24) is 4.90 Å². The normalized spacial score (nSPS) is 23.0. The van der Waals surface area contributed by atoms with Crippen LogP contribution in [0.25, 0.3) is 0 Å². The van der Waals surface area contributed by atoms with Gasteiger partial charge in [-0.25, -0.2) is 0 Å². The summed E-state index contributed by atoms with van der Waals surface area (Å²) in [6.07, 6.45) is 1.25. The largest absolute Gasteiger partial charge is 0.454 e. The summed E-state index contributed by atoms with van der Waals surface area (Å²) < 4.78 is 10.5. The molecule has 5 nitrogen and oxygen atoms in total. The zero-order chi connectivity index (χ0) is 14.1. The van der Waals surface area contributed by atoms with Crippen molar-refractivity contribution in [2.75, 3.05) is 19.9 Å². The Balaban J connectivity index is 1.69. The number of hydrogen-bond acceptors (Lipinski definition) is 4.